The lowest BCUT2D eigenvalue weighted by molar-refractivity contribution is -0.132. The molecule has 2 aliphatic carbocycles. The Labute approximate surface area is 117 Å². The molecule has 1 N–H and O–H groups in total. The second-order valence-corrected chi connectivity index (χ2v) is 6.77. The average Bonchev–Trinajstić information content (AvgIpc) is 3.13. The van der Waals surface area contributed by atoms with Gasteiger partial charge < -0.3 is 10.2 Å². The summed E-state index contributed by atoms with van der Waals surface area (Å²) >= 11 is 0. The van der Waals surface area contributed by atoms with Crippen LogP contribution in [-0.4, -0.2) is 36.5 Å². The minimum absolute atomic E-state index is 0.355. The van der Waals surface area contributed by atoms with E-state index in [-0.39, 0.29) is 0 Å². The standard InChI is InChI=1S/C16H28N2O/c19-16(12-17-11-13-8-9-13)18-10-4-7-15(18)14-5-2-1-3-6-14/h13-15,17H,1-12H2. The van der Waals surface area contributed by atoms with E-state index in [4.69, 9.17) is 0 Å². The van der Waals surface area contributed by atoms with E-state index in [1.807, 2.05) is 0 Å². The van der Waals surface area contributed by atoms with Crippen LogP contribution in [0.4, 0.5) is 0 Å². The minimum Gasteiger partial charge on any atom is -0.338 e. The average molecular weight is 264 g/mol. The number of carbonyl (C=O) groups is 1. The maximum absolute atomic E-state index is 12.4. The van der Waals surface area contributed by atoms with Crippen LogP contribution in [0.5, 0.6) is 0 Å². The molecule has 3 heteroatoms. The molecule has 0 bridgehead atoms. The fraction of sp³-hybridized carbons (Fsp3) is 0.938. The molecule has 0 spiro atoms. The van der Waals surface area contributed by atoms with Gasteiger partial charge in [-0.1, -0.05) is 19.3 Å². The molecular weight excluding hydrogens is 236 g/mol. The second kappa shape index (κ2) is 6.25. The third-order valence-electron chi connectivity index (χ3n) is 5.22. The number of nitrogens with one attached hydrogen (secondary N) is 1. The first-order valence-corrected chi connectivity index (χ1v) is 8.35. The molecule has 0 aromatic rings. The summed E-state index contributed by atoms with van der Waals surface area (Å²) < 4.78 is 0. The Bertz CT molecular complexity index is 308. The molecule has 3 aliphatic rings. The quantitative estimate of drug-likeness (QED) is 0.827. The fourth-order valence-corrected chi connectivity index (χ4v) is 3.92. The summed E-state index contributed by atoms with van der Waals surface area (Å²) in [5, 5.41) is 3.36. The highest BCUT2D eigenvalue weighted by atomic mass is 16.2. The molecule has 1 heterocycles. The second-order valence-electron chi connectivity index (χ2n) is 6.77. The first-order chi connectivity index (χ1) is 9.34. The Balaban J connectivity index is 1.47. The Morgan fingerprint density at radius 1 is 1.00 bits per heavy atom. The molecule has 3 fully saturated rings. The van der Waals surface area contributed by atoms with Crippen molar-refractivity contribution in [2.45, 2.75) is 63.8 Å². The van der Waals surface area contributed by atoms with Crippen LogP contribution in [0.2, 0.25) is 0 Å². The van der Waals surface area contributed by atoms with Crippen molar-refractivity contribution in [2.75, 3.05) is 19.6 Å². The number of nitrogens with zero attached hydrogens (tertiary/aromatic N) is 1. The zero-order valence-electron chi connectivity index (χ0n) is 12.1. The molecule has 0 aromatic heterocycles. The summed E-state index contributed by atoms with van der Waals surface area (Å²) in [6.07, 6.45) is 12.0. The number of rotatable bonds is 5. The maximum Gasteiger partial charge on any atom is 0.236 e. The van der Waals surface area contributed by atoms with Gasteiger partial charge in [0.05, 0.1) is 6.54 Å². The van der Waals surface area contributed by atoms with Crippen LogP contribution in [0.1, 0.15) is 57.8 Å². The minimum atomic E-state index is 0.355. The lowest BCUT2D eigenvalue weighted by Gasteiger charge is -2.34. The molecule has 3 rings (SSSR count). The van der Waals surface area contributed by atoms with E-state index in [0.29, 0.717) is 18.5 Å². The van der Waals surface area contributed by atoms with Crippen molar-refractivity contribution in [3.63, 3.8) is 0 Å². The number of amides is 1. The van der Waals surface area contributed by atoms with Gasteiger partial charge in [-0.25, -0.2) is 0 Å². The van der Waals surface area contributed by atoms with E-state index >= 15 is 0 Å². The van der Waals surface area contributed by atoms with Gasteiger partial charge in [-0.2, -0.15) is 0 Å². The summed E-state index contributed by atoms with van der Waals surface area (Å²) in [6, 6.07) is 0.565. The van der Waals surface area contributed by atoms with Gasteiger partial charge in [0.1, 0.15) is 0 Å². The van der Waals surface area contributed by atoms with Crippen molar-refractivity contribution < 1.29 is 4.79 Å². The predicted octanol–water partition coefficient (Wildman–Crippen LogP) is 2.56. The highest BCUT2D eigenvalue weighted by Gasteiger charge is 2.34. The molecule has 108 valence electrons. The van der Waals surface area contributed by atoms with Gasteiger partial charge in [-0.15, -0.1) is 0 Å². The molecule has 1 aliphatic heterocycles. The lowest BCUT2D eigenvalue weighted by Crippen LogP contribution is -2.44. The smallest absolute Gasteiger partial charge is 0.236 e. The monoisotopic (exact) mass is 264 g/mol. The summed E-state index contributed by atoms with van der Waals surface area (Å²) in [7, 11) is 0. The number of hydrogen-bond donors (Lipinski definition) is 1. The van der Waals surface area contributed by atoms with Gasteiger partial charge in [-0.3, -0.25) is 4.79 Å². The van der Waals surface area contributed by atoms with Crippen LogP contribution in [0.3, 0.4) is 0 Å². The topological polar surface area (TPSA) is 32.3 Å². The van der Waals surface area contributed by atoms with Crippen molar-refractivity contribution >= 4 is 5.91 Å². The Kier molecular flexibility index (Phi) is 4.42. The number of likely N-dealkylation sites (tertiary alicyclic amines) is 1. The molecule has 3 nitrogen and oxygen atoms in total. The summed E-state index contributed by atoms with van der Waals surface area (Å²) in [4.78, 5) is 14.6. The first kappa shape index (κ1) is 13.4. The number of hydrogen-bond acceptors (Lipinski definition) is 2. The van der Waals surface area contributed by atoms with E-state index < -0.39 is 0 Å². The van der Waals surface area contributed by atoms with E-state index in [1.165, 1.54) is 57.8 Å². The highest BCUT2D eigenvalue weighted by Crippen LogP contribution is 2.34. The predicted molar refractivity (Wildman–Crippen MR) is 76.9 cm³/mol. The van der Waals surface area contributed by atoms with Crippen molar-refractivity contribution in [1.29, 1.82) is 0 Å². The zero-order chi connectivity index (χ0) is 13.1. The summed E-state index contributed by atoms with van der Waals surface area (Å²) in [5.41, 5.74) is 0. The van der Waals surface area contributed by atoms with Crippen LogP contribution in [0.15, 0.2) is 0 Å². The molecule has 0 aromatic carbocycles. The van der Waals surface area contributed by atoms with Crippen LogP contribution >= 0.6 is 0 Å². The van der Waals surface area contributed by atoms with Crippen LogP contribution < -0.4 is 5.32 Å². The van der Waals surface area contributed by atoms with Crippen molar-refractivity contribution in [3.05, 3.63) is 0 Å². The fourth-order valence-electron chi connectivity index (χ4n) is 3.92. The molecule has 1 atom stereocenters. The van der Waals surface area contributed by atoms with Crippen LogP contribution in [0.25, 0.3) is 0 Å². The van der Waals surface area contributed by atoms with Crippen LogP contribution in [-0.2, 0) is 4.79 Å². The zero-order valence-corrected chi connectivity index (χ0v) is 12.1. The van der Waals surface area contributed by atoms with E-state index in [9.17, 15) is 4.79 Å². The maximum atomic E-state index is 12.4. The molecule has 0 radical (unpaired) electrons. The van der Waals surface area contributed by atoms with Crippen molar-refractivity contribution in [2.24, 2.45) is 11.8 Å². The van der Waals surface area contributed by atoms with Crippen LogP contribution in [0, 0.1) is 11.8 Å². The molecule has 1 unspecified atom stereocenters. The van der Waals surface area contributed by atoms with E-state index in [2.05, 4.69) is 10.2 Å². The Morgan fingerprint density at radius 3 is 2.53 bits per heavy atom. The van der Waals surface area contributed by atoms with Gasteiger partial charge in [0.15, 0.2) is 0 Å². The Hall–Kier alpha value is -0.570. The van der Waals surface area contributed by atoms with Gasteiger partial charge in [0, 0.05) is 12.6 Å². The van der Waals surface area contributed by atoms with Gasteiger partial charge in [0.2, 0.25) is 5.91 Å². The number of carbonyl (C=O) groups excluding carboxylic acids is 1. The largest absolute Gasteiger partial charge is 0.338 e. The van der Waals surface area contributed by atoms with Gasteiger partial charge in [0.25, 0.3) is 0 Å². The van der Waals surface area contributed by atoms with Gasteiger partial charge >= 0.3 is 0 Å². The lowest BCUT2D eigenvalue weighted by atomic mass is 9.83. The van der Waals surface area contributed by atoms with Crippen molar-refractivity contribution in [1.82, 2.24) is 10.2 Å². The molecule has 2 saturated carbocycles. The highest BCUT2D eigenvalue weighted by molar-refractivity contribution is 5.78. The van der Waals surface area contributed by atoms with E-state index in [1.54, 1.807) is 0 Å². The third kappa shape index (κ3) is 3.50. The van der Waals surface area contributed by atoms with E-state index in [0.717, 1.165) is 24.9 Å². The molecule has 19 heavy (non-hydrogen) atoms. The normalized spacial score (nSPS) is 28.8. The molecule has 1 saturated heterocycles. The summed E-state index contributed by atoms with van der Waals surface area (Å²) in [5.74, 6) is 2.01. The third-order valence-corrected chi connectivity index (χ3v) is 5.22. The molecular formula is C16H28N2O. The van der Waals surface area contributed by atoms with Crippen molar-refractivity contribution in [3.8, 4) is 0 Å². The first-order valence-electron chi connectivity index (χ1n) is 8.35. The SMILES string of the molecule is O=C(CNCC1CC1)N1CCCC1C1CCCCC1. The summed E-state index contributed by atoms with van der Waals surface area (Å²) in [6.45, 7) is 2.62. The Morgan fingerprint density at radius 2 is 1.79 bits per heavy atom. The van der Waals surface area contributed by atoms with Gasteiger partial charge in [-0.05, 0) is 56.9 Å². The molecule has 1 amide bonds.